The molecule has 0 amide bonds. The van der Waals surface area contributed by atoms with Gasteiger partial charge in [0, 0.05) is 35.5 Å². The zero-order valence-corrected chi connectivity index (χ0v) is 17.5. The van der Waals surface area contributed by atoms with Crippen LogP contribution < -0.4 is 0 Å². The van der Waals surface area contributed by atoms with E-state index in [-0.39, 0.29) is 15.5 Å². The molecular formula is C21H17ClN2O5S. The van der Waals surface area contributed by atoms with Crippen LogP contribution in [0.1, 0.15) is 27.1 Å². The number of benzene rings is 2. The zero-order chi connectivity index (χ0) is 21.9. The van der Waals surface area contributed by atoms with Crippen molar-refractivity contribution in [1.82, 2.24) is 4.57 Å². The van der Waals surface area contributed by atoms with Gasteiger partial charge in [0.1, 0.15) is 0 Å². The third kappa shape index (κ3) is 4.53. The van der Waals surface area contributed by atoms with Gasteiger partial charge in [-0.15, -0.1) is 0 Å². The highest BCUT2D eigenvalue weighted by molar-refractivity contribution is 7.90. The number of carbonyl (C=O) groups excluding carboxylic acids is 2. The van der Waals surface area contributed by atoms with Gasteiger partial charge in [-0.25, -0.2) is 13.2 Å². The molecular weight excluding hydrogens is 428 g/mol. The van der Waals surface area contributed by atoms with Gasteiger partial charge in [-0.05, 0) is 24.3 Å². The Balaban J connectivity index is 1.80. The molecule has 0 fully saturated rings. The number of fused-ring (bicyclic) bond motifs is 1. The Bertz CT molecular complexity index is 1290. The van der Waals surface area contributed by atoms with E-state index >= 15 is 0 Å². The quantitative estimate of drug-likeness (QED) is 0.406. The SMILES string of the molecule is CS(=O)(=O)c1cc(C(=O)OCC(=O)c2cn(CCC#N)c3ccccc23)ccc1Cl. The van der Waals surface area contributed by atoms with E-state index in [9.17, 15) is 18.0 Å². The van der Waals surface area contributed by atoms with E-state index in [0.29, 0.717) is 23.9 Å². The van der Waals surface area contributed by atoms with Gasteiger partial charge in [0.15, 0.2) is 16.4 Å². The van der Waals surface area contributed by atoms with Crippen LogP contribution in [-0.2, 0) is 21.1 Å². The number of aryl methyl sites for hydroxylation is 1. The number of Topliss-reactive ketones (excluding diaryl/α,β-unsaturated/α-hetero) is 1. The first-order chi connectivity index (χ1) is 14.2. The molecule has 9 heteroatoms. The molecule has 0 N–H and O–H groups in total. The Hall–Kier alpha value is -3.15. The first kappa shape index (κ1) is 21.6. The van der Waals surface area contributed by atoms with Crippen LogP contribution in [0.5, 0.6) is 0 Å². The molecule has 1 heterocycles. The van der Waals surface area contributed by atoms with Crippen LogP contribution >= 0.6 is 11.6 Å². The van der Waals surface area contributed by atoms with Crippen molar-refractivity contribution in [3.05, 3.63) is 64.8 Å². The first-order valence-electron chi connectivity index (χ1n) is 8.87. The van der Waals surface area contributed by atoms with Crippen molar-refractivity contribution in [3.8, 4) is 6.07 Å². The molecule has 1 aromatic heterocycles. The normalized spacial score (nSPS) is 11.2. The van der Waals surface area contributed by atoms with Crippen molar-refractivity contribution in [3.63, 3.8) is 0 Å². The standard InChI is InChI=1S/C21H17ClN2O5S/c1-30(27,28)20-11-14(7-8-17(20)22)21(26)29-13-19(25)16-12-24(10-4-9-23)18-6-3-2-5-15(16)18/h2-3,5-8,11-12H,4,10,13H2,1H3. The number of hydrogen-bond donors (Lipinski definition) is 0. The Morgan fingerprint density at radius 3 is 2.63 bits per heavy atom. The second-order valence-corrected chi connectivity index (χ2v) is 8.97. The third-order valence-corrected chi connectivity index (χ3v) is 6.03. The molecule has 0 saturated carbocycles. The molecule has 7 nitrogen and oxygen atoms in total. The number of aromatic nitrogens is 1. The fourth-order valence-corrected chi connectivity index (χ4v) is 4.33. The predicted octanol–water partition coefficient (Wildman–Crippen LogP) is 3.65. The van der Waals surface area contributed by atoms with Gasteiger partial charge in [-0.3, -0.25) is 4.79 Å². The number of sulfone groups is 1. The number of para-hydroxylation sites is 1. The van der Waals surface area contributed by atoms with Crippen LogP contribution in [0.3, 0.4) is 0 Å². The molecule has 3 rings (SSSR count). The number of rotatable bonds is 7. The summed E-state index contributed by atoms with van der Waals surface area (Å²) in [5, 5.41) is 9.51. The molecule has 0 spiro atoms. The minimum Gasteiger partial charge on any atom is -0.454 e. The maximum Gasteiger partial charge on any atom is 0.338 e. The number of carbonyl (C=O) groups is 2. The lowest BCUT2D eigenvalue weighted by Crippen LogP contribution is -2.14. The van der Waals surface area contributed by atoms with Crippen molar-refractivity contribution in [2.45, 2.75) is 17.9 Å². The van der Waals surface area contributed by atoms with E-state index in [1.807, 2.05) is 16.7 Å². The molecule has 2 aromatic carbocycles. The second-order valence-electron chi connectivity index (χ2n) is 6.58. The first-order valence-corrected chi connectivity index (χ1v) is 11.1. The number of halogens is 1. The molecule has 0 radical (unpaired) electrons. The Kier molecular flexibility index (Phi) is 6.25. The molecule has 0 saturated heterocycles. The minimum absolute atomic E-state index is 0.00435. The summed E-state index contributed by atoms with van der Waals surface area (Å²) in [5.41, 5.74) is 1.16. The van der Waals surface area contributed by atoms with Crippen LogP contribution in [0.15, 0.2) is 53.6 Å². The number of nitriles is 1. The summed E-state index contributed by atoms with van der Waals surface area (Å²) in [6.45, 7) is -0.0783. The smallest absolute Gasteiger partial charge is 0.338 e. The van der Waals surface area contributed by atoms with Crippen molar-refractivity contribution < 1.29 is 22.7 Å². The lowest BCUT2D eigenvalue weighted by molar-refractivity contribution is 0.0475. The van der Waals surface area contributed by atoms with Crippen LogP contribution in [0, 0.1) is 11.3 Å². The predicted molar refractivity (Wildman–Crippen MR) is 111 cm³/mol. The molecule has 0 bridgehead atoms. The lowest BCUT2D eigenvalue weighted by Gasteiger charge is -2.07. The van der Waals surface area contributed by atoms with Crippen LogP contribution in [0.25, 0.3) is 10.9 Å². The average Bonchev–Trinajstić information content (AvgIpc) is 3.08. The number of ketones is 1. The summed E-state index contributed by atoms with van der Waals surface area (Å²) in [5.74, 6) is -1.24. The van der Waals surface area contributed by atoms with E-state index in [1.165, 1.54) is 12.1 Å². The number of hydrogen-bond acceptors (Lipinski definition) is 6. The largest absolute Gasteiger partial charge is 0.454 e. The summed E-state index contributed by atoms with van der Waals surface area (Å²) in [6, 6.07) is 13.1. The maximum atomic E-state index is 12.7. The van der Waals surface area contributed by atoms with Gasteiger partial charge in [-0.2, -0.15) is 5.26 Å². The number of ether oxygens (including phenoxy) is 1. The number of esters is 1. The van der Waals surface area contributed by atoms with E-state index in [4.69, 9.17) is 21.6 Å². The monoisotopic (exact) mass is 444 g/mol. The van der Waals surface area contributed by atoms with Crippen molar-refractivity contribution in [2.24, 2.45) is 0 Å². The van der Waals surface area contributed by atoms with Crippen molar-refractivity contribution in [2.75, 3.05) is 12.9 Å². The Morgan fingerprint density at radius 2 is 1.93 bits per heavy atom. The third-order valence-electron chi connectivity index (χ3n) is 4.45. The van der Waals surface area contributed by atoms with E-state index < -0.39 is 28.2 Å². The summed E-state index contributed by atoms with van der Waals surface area (Å²) in [7, 11) is -3.63. The minimum atomic E-state index is -3.63. The topological polar surface area (TPSA) is 106 Å². The van der Waals surface area contributed by atoms with Crippen molar-refractivity contribution >= 4 is 44.1 Å². The zero-order valence-electron chi connectivity index (χ0n) is 16.0. The van der Waals surface area contributed by atoms with E-state index in [1.54, 1.807) is 18.3 Å². The fourth-order valence-electron chi connectivity index (χ4n) is 3.03. The molecule has 0 aliphatic heterocycles. The fraction of sp³-hybridized carbons (Fsp3) is 0.190. The molecule has 30 heavy (non-hydrogen) atoms. The molecule has 3 aromatic rings. The molecule has 0 atom stereocenters. The van der Waals surface area contributed by atoms with Crippen LogP contribution in [-0.4, -0.2) is 37.6 Å². The number of nitrogens with zero attached hydrogens (tertiary/aromatic N) is 2. The van der Waals surface area contributed by atoms with Gasteiger partial charge < -0.3 is 9.30 Å². The Morgan fingerprint density at radius 1 is 1.20 bits per heavy atom. The van der Waals surface area contributed by atoms with Gasteiger partial charge in [0.05, 0.1) is 28.0 Å². The highest BCUT2D eigenvalue weighted by Crippen LogP contribution is 2.24. The summed E-state index contributed by atoms with van der Waals surface area (Å²) >= 11 is 5.88. The van der Waals surface area contributed by atoms with Crippen LogP contribution in [0.4, 0.5) is 0 Å². The molecule has 0 aliphatic carbocycles. The van der Waals surface area contributed by atoms with Crippen molar-refractivity contribution in [1.29, 1.82) is 5.26 Å². The van der Waals surface area contributed by atoms with E-state index in [2.05, 4.69) is 6.07 Å². The lowest BCUT2D eigenvalue weighted by atomic mass is 10.1. The highest BCUT2D eigenvalue weighted by Gasteiger charge is 2.19. The highest BCUT2D eigenvalue weighted by atomic mass is 35.5. The Labute approximate surface area is 178 Å². The van der Waals surface area contributed by atoms with Gasteiger partial charge >= 0.3 is 5.97 Å². The average molecular weight is 445 g/mol. The summed E-state index contributed by atoms with van der Waals surface area (Å²) in [6.07, 6.45) is 2.91. The maximum absolute atomic E-state index is 12.7. The second kappa shape index (κ2) is 8.69. The molecule has 0 unspecified atom stereocenters. The summed E-state index contributed by atoms with van der Waals surface area (Å²) < 4.78 is 30.5. The summed E-state index contributed by atoms with van der Waals surface area (Å²) in [4.78, 5) is 24.8. The van der Waals surface area contributed by atoms with Crippen LogP contribution in [0.2, 0.25) is 5.02 Å². The van der Waals surface area contributed by atoms with Gasteiger partial charge in [0.2, 0.25) is 5.78 Å². The molecule has 154 valence electrons. The van der Waals surface area contributed by atoms with Gasteiger partial charge in [0.25, 0.3) is 0 Å². The molecule has 0 aliphatic rings. The van der Waals surface area contributed by atoms with Gasteiger partial charge in [-0.1, -0.05) is 29.8 Å². The van der Waals surface area contributed by atoms with E-state index in [0.717, 1.165) is 17.8 Å².